The number of hydrogen-bond acceptors (Lipinski definition) is 5. The molecule has 1 aromatic carbocycles. The number of sulfonamides is 1. The van der Waals surface area contributed by atoms with Crippen LogP contribution in [0.2, 0.25) is 0 Å². The van der Waals surface area contributed by atoms with E-state index in [4.69, 9.17) is 0 Å². The molecular formula is C18H26N4O2S. The van der Waals surface area contributed by atoms with Crippen LogP contribution < -0.4 is 5.32 Å². The van der Waals surface area contributed by atoms with Crippen molar-refractivity contribution in [2.24, 2.45) is 0 Å². The van der Waals surface area contributed by atoms with Crippen LogP contribution in [0, 0.1) is 13.8 Å². The Balaban J connectivity index is 2.17. The summed E-state index contributed by atoms with van der Waals surface area (Å²) in [6.45, 7) is 10.5. The minimum atomic E-state index is -3.42. The molecule has 1 aromatic heterocycles. The fraction of sp³-hybridized carbons (Fsp3) is 0.444. The minimum absolute atomic E-state index is 0.0349. The van der Waals surface area contributed by atoms with Crippen LogP contribution in [0.1, 0.15) is 43.6 Å². The largest absolute Gasteiger partial charge is 0.348 e. The Morgan fingerprint density at radius 2 is 1.72 bits per heavy atom. The highest BCUT2D eigenvalue weighted by Crippen LogP contribution is 2.21. The molecule has 0 fully saturated rings. The van der Waals surface area contributed by atoms with Gasteiger partial charge in [-0.2, -0.15) is 4.31 Å². The Hall–Kier alpha value is -1.99. The van der Waals surface area contributed by atoms with Crippen molar-refractivity contribution in [2.45, 2.75) is 45.6 Å². The first-order valence-electron chi connectivity index (χ1n) is 8.46. The zero-order valence-electron chi connectivity index (χ0n) is 15.4. The molecule has 0 saturated heterocycles. The van der Waals surface area contributed by atoms with Gasteiger partial charge in [-0.3, -0.25) is 0 Å². The van der Waals surface area contributed by atoms with Gasteiger partial charge in [0.15, 0.2) is 0 Å². The molecular weight excluding hydrogens is 336 g/mol. The lowest BCUT2D eigenvalue weighted by atomic mass is 10.1. The predicted molar refractivity (Wildman–Crippen MR) is 100 cm³/mol. The molecule has 0 amide bonds. The molecule has 1 N–H and O–H groups in total. The second kappa shape index (κ2) is 7.93. The Labute approximate surface area is 150 Å². The van der Waals surface area contributed by atoms with Gasteiger partial charge < -0.3 is 5.32 Å². The van der Waals surface area contributed by atoms with Crippen LogP contribution in [-0.2, 0) is 10.0 Å². The van der Waals surface area contributed by atoms with Crippen LogP contribution in [0.3, 0.4) is 0 Å². The minimum Gasteiger partial charge on any atom is -0.348 e. The highest BCUT2D eigenvalue weighted by molar-refractivity contribution is 7.89. The Kier molecular flexibility index (Phi) is 6.13. The van der Waals surface area contributed by atoms with Crippen LogP contribution in [0.4, 0.5) is 5.95 Å². The molecule has 6 nitrogen and oxygen atoms in total. The molecule has 0 aliphatic heterocycles. The average Bonchev–Trinajstić information content (AvgIpc) is 2.59. The van der Waals surface area contributed by atoms with E-state index in [9.17, 15) is 8.42 Å². The van der Waals surface area contributed by atoms with Gasteiger partial charge in [0, 0.05) is 25.0 Å². The van der Waals surface area contributed by atoms with Crippen LogP contribution in [-0.4, -0.2) is 35.8 Å². The van der Waals surface area contributed by atoms with Gasteiger partial charge in [-0.1, -0.05) is 26.0 Å². The van der Waals surface area contributed by atoms with E-state index >= 15 is 0 Å². The molecule has 7 heteroatoms. The maximum atomic E-state index is 12.5. The van der Waals surface area contributed by atoms with Crippen molar-refractivity contribution in [3.63, 3.8) is 0 Å². The lowest BCUT2D eigenvalue weighted by molar-refractivity contribution is 0.445. The molecule has 1 atom stereocenters. The standard InChI is InChI=1S/C18H26N4O2S/c1-6-22(7-2)25(23,24)17-10-8-16(9-11-17)15(5)21-18-19-12-13(3)14(4)20-18/h8-12,15H,6-7H2,1-5H3,(H,19,20,21)/t15-/m1/s1. The van der Waals surface area contributed by atoms with Crippen molar-refractivity contribution in [3.8, 4) is 0 Å². The van der Waals surface area contributed by atoms with Crippen LogP contribution in [0.25, 0.3) is 0 Å². The van der Waals surface area contributed by atoms with Gasteiger partial charge in [0.2, 0.25) is 16.0 Å². The van der Waals surface area contributed by atoms with Crippen molar-refractivity contribution < 1.29 is 8.42 Å². The molecule has 1 heterocycles. The maximum Gasteiger partial charge on any atom is 0.243 e. The lowest BCUT2D eigenvalue weighted by Crippen LogP contribution is -2.30. The topological polar surface area (TPSA) is 75.2 Å². The first-order valence-corrected chi connectivity index (χ1v) is 9.90. The van der Waals surface area contributed by atoms with Gasteiger partial charge in [0.1, 0.15) is 0 Å². The monoisotopic (exact) mass is 362 g/mol. The number of hydrogen-bond donors (Lipinski definition) is 1. The Morgan fingerprint density at radius 1 is 1.12 bits per heavy atom. The fourth-order valence-corrected chi connectivity index (χ4v) is 3.97. The normalized spacial score (nSPS) is 13.0. The number of anilines is 1. The van der Waals surface area contributed by atoms with Gasteiger partial charge in [0.05, 0.1) is 10.9 Å². The summed E-state index contributed by atoms with van der Waals surface area (Å²) in [4.78, 5) is 9.01. The van der Waals surface area contributed by atoms with E-state index in [1.807, 2.05) is 46.8 Å². The third-order valence-electron chi connectivity index (χ3n) is 4.29. The van der Waals surface area contributed by atoms with Crippen molar-refractivity contribution in [1.82, 2.24) is 14.3 Å². The maximum absolute atomic E-state index is 12.5. The quantitative estimate of drug-likeness (QED) is 0.818. The molecule has 2 rings (SSSR count). The number of aromatic nitrogens is 2. The van der Waals surface area contributed by atoms with Crippen LogP contribution in [0.15, 0.2) is 35.4 Å². The van der Waals surface area contributed by atoms with Crippen molar-refractivity contribution >= 4 is 16.0 Å². The molecule has 25 heavy (non-hydrogen) atoms. The van der Waals surface area contributed by atoms with E-state index in [-0.39, 0.29) is 6.04 Å². The molecule has 0 aliphatic carbocycles. The van der Waals surface area contributed by atoms with Crippen LogP contribution in [0.5, 0.6) is 0 Å². The van der Waals surface area contributed by atoms with Gasteiger partial charge in [-0.15, -0.1) is 0 Å². The number of rotatable bonds is 7. The van der Waals surface area contributed by atoms with E-state index in [0.29, 0.717) is 23.9 Å². The summed E-state index contributed by atoms with van der Waals surface area (Å²) in [5.41, 5.74) is 2.95. The van der Waals surface area contributed by atoms with E-state index in [1.165, 1.54) is 4.31 Å². The average molecular weight is 362 g/mol. The Morgan fingerprint density at radius 3 is 2.24 bits per heavy atom. The zero-order chi connectivity index (χ0) is 18.6. The molecule has 0 bridgehead atoms. The molecule has 2 aromatic rings. The molecule has 136 valence electrons. The first kappa shape index (κ1) is 19.3. The smallest absolute Gasteiger partial charge is 0.243 e. The van der Waals surface area contributed by atoms with E-state index in [2.05, 4.69) is 15.3 Å². The summed E-state index contributed by atoms with van der Waals surface area (Å²) < 4.78 is 26.5. The third kappa shape index (κ3) is 4.35. The van der Waals surface area contributed by atoms with Crippen molar-refractivity contribution in [1.29, 1.82) is 0 Å². The zero-order valence-corrected chi connectivity index (χ0v) is 16.3. The van der Waals surface area contributed by atoms with Crippen LogP contribution >= 0.6 is 0 Å². The van der Waals surface area contributed by atoms with E-state index in [1.54, 1.807) is 18.3 Å². The summed E-state index contributed by atoms with van der Waals surface area (Å²) in [5.74, 6) is 0.565. The first-order chi connectivity index (χ1) is 11.8. The Bertz CT molecular complexity index is 815. The summed E-state index contributed by atoms with van der Waals surface area (Å²) in [5, 5.41) is 3.25. The lowest BCUT2D eigenvalue weighted by Gasteiger charge is -2.19. The number of benzene rings is 1. The number of nitrogens with one attached hydrogen (secondary N) is 1. The SMILES string of the molecule is CCN(CC)S(=O)(=O)c1ccc([C@@H](C)Nc2ncc(C)c(C)n2)cc1. The van der Waals surface area contributed by atoms with Gasteiger partial charge >= 0.3 is 0 Å². The number of nitrogens with zero attached hydrogens (tertiary/aromatic N) is 3. The number of aryl methyl sites for hydroxylation is 2. The second-order valence-electron chi connectivity index (χ2n) is 5.99. The highest BCUT2D eigenvalue weighted by Gasteiger charge is 2.21. The van der Waals surface area contributed by atoms with Gasteiger partial charge in [-0.25, -0.2) is 18.4 Å². The fourth-order valence-electron chi connectivity index (χ4n) is 2.51. The van der Waals surface area contributed by atoms with E-state index < -0.39 is 10.0 Å². The molecule has 0 saturated carbocycles. The molecule has 0 aliphatic rings. The molecule has 0 unspecified atom stereocenters. The van der Waals surface area contributed by atoms with Crippen molar-refractivity contribution in [3.05, 3.63) is 47.3 Å². The summed E-state index contributed by atoms with van der Waals surface area (Å²) in [7, 11) is -3.42. The second-order valence-corrected chi connectivity index (χ2v) is 7.92. The summed E-state index contributed by atoms with van der Waals surface area (Å²) in [6, 6.07) is 6.93. The predicted octanol–water partition coefficient (Wildman–Crippen LogP) is 3.30. The summed E-state index contributed by atoms with van der Waals surface area (Å²) >= 11 is 0. The molecule has 0 radical (unpaired) electrons. The van der Waals surface area contributed by atoms with Crippen molar-refractivity contribution in [2.75, 3.05) is 18.4 Å². The van der Waals surface area contributed by atoms with Gasteiger partial charge in [-0.05, 0) is 44.0 Å². The molecule has 0 spiro atoms. The third-order valence-corrected chi connectivity index (χ3v) is 6.36. The summed E-state index contributed by atoms with van der Waals surface area (Å²) in [6.07, 6.45) is 1.79. The van der Waals surface area contributed by atoms with Gasteiger partial charge in [0.25, 0.3) is 0 Å². The highest BCUT2D eigenvalue weighted by atomic mass is 32.2. The van der Waals surface area contributed by atoms with E-state index in [0.717, 1.165) is 16.8 Å².